The Bertz CT molecular complexity index is 239. The summed E-state index contributed by atoms with van der Waals surface area (Å²) < 4.78 is 5.09. The molecule has 5 heteroatoms. The van der Waals surface area contributed by atoms with Gasteiger partial charge in [-0.25, -0.2) is 0 Å². The summed E-state index contributed by atoms with van der Waals surface area (Å²) in [6.07, 6.45) is 1.42. The maximum atomic E-state index is 11.7. The van der Waals surface area contributed by atoms with Crippen molar-refractivity contribution in [2.75, 3.05) is 19.8 Å². The predicted octanol–water partition coefficient (Wildman–Crippen LogP) is -0.373. The number of nitrogens with one attached hydrogen (secondary N) is 1. The van der Waals surface area contributed by atoms with E-state index in [2.05, 4.69) is 5.32 Å². The summed E-state index contributed by atoms with van der Waals surface area (Å²) in [6.45, 7) is 4.99. The van der Waals surface area contributed by atoms with E-state index in [1.807, 2.05) is 13.8 Å². The van der Waals surface area contributed by atoms with Crippen molar-refractivity contribution in [2.24, 2.45) is 11.7 Å². The Morgan fingerprint density at radius 1 is 1.69 bits per heavy atom. The first-order valence-electron chi connectivity index (χ1n) is 5.82. The highest BCUT2D eigenvalue weighted by molar-refractivity contribution is 5.81. The average Bonchev–Trinajstić information content (AvgIpc) is 2.71. The van der Waals surface area contributed by atoms with E-state index in [1.54, 1.807) is 0 Å². The molecule has 5 nitrogen and oxygen atoms in total. The predicted molar refractivity (Wildman–Crippen MR) is 60.8 cm³/mol. The fraction of sp³-hybridized carbons (Fsp3) is 0.909. The van der Waals surface area contributed by atoms with Gasteiger partial charge in [0.15, 0.2) is 0 Å². The van der Waals surface area contributed by atoms with Gasteiger partial charge in [0.2, 0.25) is 5.91 Å². The van der Waals surface area contributed by atoms with Crippen LogP contribution >= 0.6 is 0 Å². The van der Waals surface area contributed by atoms with Crippen LogP contribution in [0.25, 0.3) is 0 Å². The second-order valence-corrected chi connectivity index (χ2v) is 4.66. The molecule has 0 aromatic carbocycles. The summed E-state index contributed by atoms with van der Waals surface area (Å²) in [4.78, 5) is 11.7. The van der Waals surface area contributed by atoms with Crippen LogP contribution in [0.3, 0.4) is 0 Å². The first kappa shape index (κ1) is 13.4. The first-order chi connectivity index (χ1) is 7.48. The highest BCUT2D eigenvalue weighted by atomic mass is 16.5. The lowest BCUT2D eigenvalue weighted by Crippen LogP contribution is -2.50. The minimum atomic E-state index is -0.912. The number of aliphatic hydroxyl groups is 1. The SMILES string of the molecule is CCC(C)C(N)C(=O)NCC1(O)CCOC1. The van der Waals surface area contributed by atoms with Crippen LogP contribution < -0.4 is 11.1 Å². The molecule has 16 heavy (non-hydrogen) atoms. The molecule has 3 atom stereocenters. The van der Waals surface area contributed by atoms with Crippen molar-refractivity contribution in [1.29, 1.82) is 0 Å². The molecule has 0 aromatic rings. The van der Waals surface area contributed by atoms with Crippen LogP contribution in [0, 0.1) is 5.92 Å². The monoisotopic (exact) mass is 230 g/mol. The van der Waals surface area contributed by atoms with E-state index in [9.17, 15) is 9.90 Å². The summed E-state index contributed by atoms with van der Waals surface area (Å²) in [7, 11) is 0. The van der Waals surface area contributed by atoms with Gasteiger partial charge in [0, 0.05) is 19.6 Å². The smallest absolute Gasteiger partial charge is 0.237 e. The Kier molecular flexibility index (Phi) is 4.70. The molecule has 1 amide bonds. The largest absolute Gasteiger partial charge is 0.386 e. The number of ether oxygens (including phenoxy) is 1. The molecule has 3 unspecified atom stereocenters. The van der Waals surface area contributed by atoms with Gasteiger partial charge >= 0.3 is 0 Å². The molecule has 1 aliphatic rings. The van der Waals surface area contributed by atoms with Crippen molar-refractivity contribution in [3.05, 3.63) is 0 Å². The molecule has 1 saturated heterocycles. The van der Waals surface area contributed by atoms with Crippen LogP contribution in [0.5, 0.6) is 0 Å². The number of hydrogen-bond donors (Lipinski definition) is 3. The summed E-state index contributed by atoms with van der Waals surface area (Å²) in [5, 5.41) is 12.6. The minimum absolute atomic E-state index is 0.148. The number of rotatable bonds is 5. The lowest BCUT2D eigenvalue weighted by Gasteiger charge is -2.23. The Hall–Kier alpha value is -0.650. The standard InChI is InChI=1S/C11H22N2O3/c1-3-8(2)9(12)10(14)13-6-11(15)4-5-16-7-11/h8-9,15H,3-7,12H2,1-2H3,(H,13,14). The second kappa shape index (κ2) is 5.61. The van der Waals surface area contributed by atoms with Crippen LogP contribution in [0.2, 0.25) is 0 Å². The third-order valence-corrected chi connectivity index (χ3v) is 3.23. The van der Waals surface area contributed by atoms with Gasteiger partial charge in [-0.15, -0.1) is 0 Å². The highest BCUT2D eigenvalue weighted by Crippen LogP contribution is 2.17. The number of nitrogens with two attached hydrogens (primary N) is 1. The summed E-state index contributed by atoms with van der Waals surface area (Å²) in [6, 6.07) is -0.504. The number of hydrogen-bond acceptors (Lipinski definition) is 4. The fourth-order valence-electron chi connectivity index (χ4n) is 1.62. The number of carbonyl (C=O) groups excluding carboxylic acids is 1. The van der Waals surface area contributed by atoms with Crippen LogP contribution in [0.15, 0.2) is 0 Å². The molecular formula is C11H22N2O3. The van der Waals surface area contributed by atoms with Crippen LogP contribution in [0.4, 0.5) is 0 Å². The zero-order chi connectivity index (χ0) is 12.2. The molecule has 0 saturated carbocycles. The van der Waals surface area contributed by atoms with Crippen molar-refractivity contribution in [2.45, 2.75) is 38.3 Å². The van der Waals surface area contributed by atoms with Crippen LogP contribution in [0.1, 0.15) is 26.7 Å². The van der Waals surface area contributed by atoms with Crippen molar-refractivity contribution < 1.29 is 14.6 Å². The van der Waals surface area contributed by atoms with Crippen molar-refractivity contribution in [3.8, 4) is 0 Å². The first-order valence-corrected chi connectivity index (χ1v) is 5.82. The molecule has 0 spiro atoms. The van der Waals surface area contributed by atoms with Gasteiger partial charge in [0.25, 0.3) is 0 Å². The number of carbonyl (C=O) groups is 1. The average molecular weight is 230 g/mol. The Balaban J connectivity index is 2.34. The second-order valence-electron chi connectivity index (χ2n) is 4.66. The van der Waals surface area contributed by atoms with Crippen molar-refractivity contribution in [1.82, 2.24) is 5.32 Å². The van der Waals surface area contributed by atoms with Crippen LogP contribution in [-0.4, -0.2) is 42.4 Å². The Labute approximate surface area is 96.3 Å². The van der Waals surface area contributed by atoms with E-state index >= 15 is 0 Å². The molecule has 1 aliphatic heterocycles. The van der Waals surface area contributed by atoms with Crippen molar-refractivity contribution in [3.63, 3.8) is 0 Å². The number of amides is 1. The topological polar surface area (TPSA) is 84.6 Å². The van der Waals surface area contributed by atoms with E-state index in [0.29, 0.717) is 13.0 Å². The van der Waals surface area contributed by atoms with E-state index < -0.39 is 11.6 Å². The van der Waals surface area contributed by atoms with Crippen LogP contribution in [-0.2, 0) is 9.53 Å². The van der Waals surface area contributed by atoms with Gasteiger partial charge < -0.3 is 20.9 Å². The van der Waals surface area contributed by atoms with Crippen molar-refractivity contribution >= 4 is 5.91 Å². The maximum absolute atomic E-state index is 11.7. The van der Waals surface area contributed by atoms with Gasteiger partial charge in [0.1, 0.15) is 5.60 Å². The Morgan fingerprint density at radius 2 is 2.38 bits per heavy atom. The van der Waals surface area contributed by atoms with Gasteiger partial charge in [-0.1, -0.05) is 20.3 Å². The zero-order valence-electron chi connectivity index (χ0n) is 10.0. The normalized spacial score (nSPS) is 28.8. The Morgan fingerprint density at radius 3 is 2.88 bits per heavy atom. The van der Waals surface area contributed by atoms with E-state index in [0.717, 1.165) is 6.42 Å². The fourth-order valence-corrected chi connectivity index (χ4v) is 1.62. The third kappa shape index (κ3) is 3.43. The van der Waals surface area contributed by atoms with Gasteiger partial charge in [-0.3, -0.25) is 4.79 Å². The molecule has 0 radical (unpaired) electrons. The summed E-state index contributed by atoms with van der Waals surface area (Å²) >= 11 is 0. The lowest BCUT2D eigenvalue weighted by atomic mass is 9.98. The molecule has 0 bridgehead atoms. The van der Waals surface area contributed by atoms with Gasteiger partial charge in [-0.2, -0.15) is 0 Å². The van der Waals surface area contributed by atoms with Gasteiger partial charge in [0.05, 0.1) is 12.6 Å². The third-order valence-electron chi connectivity index (χ3n) is 3.23. The lowest BCUT2D eigenvalue weighted by molar-refractivity contribution is -0.124. The van der Waals surface area contributed by atoms with Gasteiger partial charge in [-0.05, 0) is 5.92 Å². The molecule has 0 aromatic heterocycles. The highest BCUT2D eigenvalue weighted by Gasteiger charge is 2.33. The maximum Gasteiger partial charge on any atom is 0.237 e. The molecule has 4 N–H and O–H groups in total. The van der Waals surface area contributed by atoms with E-state index in [1.165, 1.54) is 0 Å². The zero-order valence-corrected chi connectivity index (χ0v) is 10.0. The summed E-state index contributed by atoms with van der Waals surface area (Å²) in [5.41, 5.74) is 4.86. The van der Waals surface area contributed by atoms with E-state index in [-0.39, 0.29) is 25.0 Å². The molecule has 1 heterocycles. The molecule has 1 fully saturated rings. The molecular weight excluding hydrogens is 208 g/mol. The van der Waals surface area contributed by atoms with E-state index in [4.69, 9.17) is 10.5 Å². The molecule has 94 valence electrons. The summed E-state index contributed by atoms with van der Waals surface area (Å²) in [5.74, 6) is -0.0517. The quantitative estimate of drug-likeness (QED) is 0.601. The molecule has 0 aliphatic carbocycles. The molecule has 1 rings (SSSR count). The minimum Gasteiger partial charge on any atom is -0.386 e.